The zero-order valence-corrected chi connectivity index (χ0v) is 18.8. The molecule has 0 atom stereocenters. The quantitative estimate of drug-likeness (QED) is 0.456. The van der Waals surface area contributed by atoms with Crippen molar-refractivity contribution in [1.29, 1.82) is 0 Å². The van der Waals surface area contributed by atoms with Crippen LogP contribution in [0, 0.1) is 6.92 Å². The Kier molecular flexibility index (Phi) is 6.17. The normalized spacial score (nSPS) is 13.5. The molecule has 9 nitrogen and oxygen atoms in total. The van der Waals surface area contributed by atoms with Crippen LogP contribution in [-0.4, -0.2) is 52.0 Å². The highest BCUT2D eigenvalue weighted by Crippen LogP contribution is 2.22. The van der Waals surface area contributed by atoms with Crippen molar-refractivity contribution in [2.75, 3.05) is 41.8 Å². The number of rotatable bonds is 6. The summed E-state index contributed by atoms with van der Waals surface area (Å²) in [6, 6.07) is 18.6. The summed E-state index contributed by atoms with van der Waals surface area (Å²) < 4.78 is 7.15. The number of carbonyl (C=O) groups excluding carboxylic acids is 1. The molecule has 0 aliphatic carbocycles. The molecule has 5 rings (SSSR count). The molecule has 0 spiro atoms. The molecule has 2 aromatic heterocycles. The van der Waals surface area contributed by atoms with Crippen molar-refractivity contribution in [3.8, 4) is 5.69 Å². The highest BCUT2D eigenvalue weighted by Gasteiger charge is 2.14. The molecule has 1 amide bonds. The van der Waals surface area contributed by atoms with Crippen LogP contribution in [0.5, 0.6) is 0 Å². The number of ether oxygens (including phenoxy) is 1. The van der Waals surface area contributed by atoms with Gasteiger partial charge in [-0.3, -0.25) is 4.79 Å². The summed E-state index contributed by atoms with van der Waals surface area (Å²) >= 11 is 0. The summed E-state index contributed by atoms with van der Waals surface area (Å²) in [7, 11) is 0. The lowest BCUT2D eigenvalue weighted by Crippen LogP contribution is -2.36. The fraction of sp³-hybridized carbons (Fsp3) is 0.200. The van der Waals surface area contributed by atoms with Gasteiger partial charge in [0.25, 0.3) is 5.91 Å². The van der Waals surface area contributed by atoms with Gasteiger partial charge in [-0.05, 0) is 55.5 Å². The van der Waals surface area contributed by atoms with Crippen LogP contribution < -0.4 is 15.5 Å². The van der Waals surface area contributed by atoms with E-state index in [1.807, 2.05) is 67.7 Å². The molecule has 2 N–H and O–H groups in total. The van der Waals surface area contributed by atoms with Crippen LogP contribution in [0.4, 0.5) is 23.0 Å². The largest absolute Gasteiger partial charge is 0.378 e. The number of aromatic nitrogens is 4. The Morgan fingerprint density at radius 2 is 1.76 bits per heavy atom. The fourth-order valence-corrected chi connectivity index (χ4v) is 3.77. The van der Waals surface area contributed by atoms with E-state index >= 15 is 0 Å². The predicted octanol–water partition coefficient (Wildman–Crippen LogP) is 3.80. The number of morpholine rings is 1. The second-order valence-electron chi connectivity index (χ2n) is 7.92. The molecule has 1 saturated heterocycles. The predicted molar refractivity (Wildman–Crippen MR) is 131 cm³/mol. The van der Waals surface area contributed by atoms with Crippen molar-refractivity contribution in [3.05, 3.63) is 84.4 Å². The van der Waals surface area contributed by atoms with Gasteiger partial charge in [0.05, 0.1) is 18.9 Å². The Hall–Kier alpha value is -4.24. The van der Waals surface area contributed by atoms with Crippen LogP contribution in [0.1, 0.15) is 16.2 Å². The fourth-order valence-electron chi connectivity index (χ4n) is 3.77. The van der Waals surface area contributed by atoms with Gasteiger partial charge in [-0.2, -0.15) is 5.10 Å². The first-order chi connectivity index (χ1) is 16.6. The molecule has 2 aromatic carbocycles. The third-order valence-electron chi connectivity index (χ3n) is 5.45. The van der Waals surface area contributed by atoms with E-state index in [9.17, 15) is 4.79 Å². The summed E-state index contributed by atoms with van der Waals surface area (Å²) in [6.45, 7) is 4.92. The first-order valence-corrected chi connectivity index (χ1v) is 11.1. The number of carbonyl (C=O) groups is 1. The van der Waals surface area contributed by atoms with Crippen LogP contribution in [0.15, 0.2) is 73.1 Å². The molecule has 34 heavy (non-hydrogen) atoms. The Balaban J connectivity index is 1.25. The van der Waals surface area contributed by atoms with Gasteiger partial charge < -0.3 is 20.3 Å². The lowest BCUT2D eigenvalue weighted by Gasteiger charge is -2.28. The molecule has 0 radical (unpaired) electrons. The maximum absolute atomic E-state index is 12.8. The van der Waals surface area contributed by atoms with E-state index in [0.29, 0.717) is 30.3 Å². The molecule has 9 heteroatoms. The van der Waals surface area contributed by atoms with Gasteiger partial charge in [-0.1, -0.05) is 6.07 Å². The molecule has 1 aliphatic heterocycles. The smallest absolute Gasteiger partial charge is 0.255 e. The second kappa shape index (κ2) is 9.72. The van der Waals surface area contributed by atoms with E-state index in [1.54, 1.807) is 16.9 Å². The zero-order chi connectivity index (χ0) is 23.3. The van der Waals surface area contributed by atoms with Gasteiger partial charge in [0.1, 0.15) is 17.5 Å². The SMILES string of the molecule is Cc1nc(Nc2ccc(NC(=O)c3cccc(-n4cccn4)c3)cc2)cc(N2CCOCC2)n1. The third-order valence-corrected chi connectivity index (χ3v) is 5.45. The van der Waals surface area contributed by atoms with Crippen LogP contribution >= 0.6 is 0 Å². The molecule has 0 unspecified atom stereocenters. The number of aryl methyl sites for hydroxylation is 1. The van der Waals surface area contributed by atoms with Crippen LogP contribution in [-0.2, 0) is 4.74 Å². The monoisotopic (exact) mass is 455 g/mol. The average Bonchev–Trinajstić information content (AvgIpc) is 3.41. The number of benzene rings is 2. The Labute approximate surface area is 197 Å². The topological polar surface area (TPSA) is 97.2 Å². The van der Waals surface area contributed by atoms with Crippen LogP contribution in [0.3, 0.4) is 0 Å². The number of nitrogens with one attached hydrogen (secondary N) is 2. The number of amides is 1. The molecule has 1 fully saturated rings. The Morgan fingerprint density at radius 3 is 2.53 bits per heavy atom. The maximum Gasteiger partial charge on any atom is 0.255 e. The van der Waals surface area contributed by atoms with E-state index in [1.165, 1.54) is 0 Å². The minimum Gasteiger partial charge on any atom is -0.378 e. The Bertz CT molecular complexity index is 1270. The number of hydrogen-bond acceptors (Lipinski definition) is 7. The van der Waals surface area contributed by atoms with Crippen LogP contribution in [0.25, 0.3) is 5.69 Å². The maximum atomic E-state index is 12.8. The van der Waals surface area contributed by atoms with Gasteiger partial charge in [-0.25, -0.2) is 14.6 Å². The van der Waals surface area contributed by atoms with Crippen molar-refractivity contribution in [3.63, 3.8) is 0 Å². The first kappa shape index (κ1) is 21.6. The van der Waals surface area contributed by atoms with Crippen molar-refractivity contribution in [2.45, 2.75) is 6.92 Å². The molecular formula is C25H25N7O2. The molecule has 1 aliphatic rings. The lowest BCUT2D eigenvalue weighted by molar-refractivity contribution is 0.102. The van der Waals surface area contributed by atoms with Crippen molar-refractivity contribution in [1.82, 2.24) is 19.7 Å². The first-order valence-electron chi connectivity index (χ1n) is 11.1. The zero-order valence-electron chi connectivity index (χ0n) is 18.8. The van der Waals surface area contributed by atoms with E-state index < -0.39 is 0 Å². The van der Waals surface area contributed by atoms with Gasteiger partial charge in [0.2, 0.25) is 0 Å². The highest BCUT2D eigenvalue weighted by molar-refractivity contribution is 6.04. The van der Waals surface area contributed by atoms with Crippen LogP contribution in [0.2, 0.25) is 0 Å². The summed E-state index contributed by atoms with van der Waals surface area (Å²) in [5.74, 6) is 2.13. The van der Waals surface area contributed by atoms with Gasteiger partial charge in [0, 0.05) is 48.5 Å². The van der Waals surface area contributed by atoms with E-state index in [4.69, 9.17) is 4.74 Å². The van der Waals surface area contributed by atoms with E-state index in [0.717, 1.165) is 36.1 Å². The lowest BCUT2D eigenvalue weighted by atomic mass is 10.2. The summed E-state index contributed by atoms with van der Waals surface area (Å²) in [4.78, 5) is 24.0. The molecule has 4 aromatic rings. The molecule has 172 valence electrons. The standard InChI is InChI=1S/C25H25N7O2/c1-18-27-23(17-24(28-18)31-12-14-34-15-13-31)29-20-6-8-21(9-7-20)30-25(33)19-4-2-5-22(16-19)32-11-3-10-26-32/h2-11,16-17H,12-15H2,1H3,(H,30,33)(H,27,28,29). The van der Waals surface area contributed by atoms with Crippen molar-refractivity contribution in [2.24, 2.45) is 0 Å². The number of anilines is 4. The minimum atomic E-state index is -0.184. The summed E-state index contributed by atoms with van der Waals surface area (Å²) in [5, 5.41) is 10.5. The average molecular weight is 456 g/mol. The summed E-state index contributed by atoms with van der Waals surface area (Å²) in [6.07, 6.45) is 3.54. The number of hydrogen-bond donors (Lipinski definition) is 2. The minimum absolute atomic E-state index is 0.184. The van der Waals surface area contributed by atoms with E-state index in [-0.39, 0.29) is 5.91 Å². The van der Waals surface area contributed by atoms with Crippen molar-refractivity contribution >= 4 is 28.9 Å². The molecule has 3 heterocycles. The molecule has 0 bridgehead atoms. The molecule has 0 saturated carbocycles. The van der Waals surface area contributed by atoms with Gasteiger partial charge >= 0.3 is 0 Å². The molecular weight excluding hydrogens is 430 g/mol. The third kappa shape index (κ3) is 5.05. The second-order valence-corrected chi connectivity index (χ2v) is 7.92. The van der Waals surface area contributed by atoms with Gasteiger partial charge in [-0.15, -0.1) is 0 Å². The van der Waals surface area contributed by atoms with E-state index in [2.05, 4.69) is 30.6 Å². The highest BCUT2D eigenvalue weighted by atomic mass is 16.5. The Morgan fingerprint density at radius 1 is 0.971 bits per heavy atom. The van der Waals surface area contributed by atoms with Crippen molar-refractivity contribution < 1.29 is 9.53 Å². The van der Waals surface area contributed by atoms with Gasteiger partial charge in [0.15, 0.2) is 0 Å². The number of nitrogens with zero attached hydrogens (tertiary/aromatic N) is 5. The summed E-state index contributed by atoms with van der Waals surface area (Å²) in [5.41, 5.74) is 2.95.